The fraction of sp³-hybridized carbons (Fsp3) is 0.500. The van der Waals surface area contributed by atoms with E-state index in [1.165, 1.54) is 0 Å². The fourth-order valence-electron chi connectivity index (χ4n) is 2.42. The molecule has 0 bridgehead atoms. The zero-order chi connectivity index (χ0) is 14.8. The molecular formula is C16H22N2O2. The molecule has 1 aromatic carbocycles. The Morgan fingerprint density at radius 2 is 1.95 bits per heavy atom. The third-order valence-corrected chi connectivity index (χ3v) is 3.25. The molecule has 1 atom stereocenters. The molecule has 2 rings (SSSR count). The van der Waals surface area contributed by atoms with Crippen LogP contribution in [0.25, 0.3) is 0 Å². The van der Waals surface area contributed by atoms with Crippen molar-refractivity contribution in [3.8, 4) is 0 Å². The average molecular weight is 274 g/mol. The van der Waals surface area contributed by atoms with Crippen molar-refractivity contribution in [2.75, 3.05) is 11.4 Å². The molecule has 1 N–H and O–H groups in total. The van der Waals surface area contributed by atoms with Crippen molar-refractivity contribution in [2.24, 2.45) is 5.41 Å². The summed E-state index contributed by atoms with van der Waals surface area (Å²) < 4.78 is 0. The number of hydrogen-bond acceptors (Lipinski definition) is 2. The summed E-state index contributed by atoms with van der Waals surface area (Å²) in [5.41, 5.74) is 0.858. The quantitative estimate of drug-likeness (QED) is 0.919. The Hall–Kier alpha value is -1.84. The van der Waals surface area contributed by atoms with Crippen LogP contribution in [-0.4, -0.2) is 24.4 Å². The van der Waals surface area contributed by atoms with E-state index in [0.717, 1.165) is 5.69 Å². The summed E-state index contributed by atoms with van der Waals surface area (Å²) in [6.07, 6.45) is 0.855. The van der Waals surface area contributed by atoms with Crippen molar-refractivity contribution in [2.45, 2.75) is 39.7 Å². The van der Waals surface area contributed by atoms with Gasteiger partial charge in [0.2, 0.25) is 11.8 Å². The second kappa shape index (κ2) is 5.65. The lowest BCUT2D eigenvalue weighted by Gasteiger charge is -2.20. The molecule has 0 radical (unpaired) electrons. The van der Waals surface area contributed by atoms with Crippen LogP contribution in [-0.2, 0) is 9.59 Å². The number of carbonyl (C=O) groups is 2. The van der Waals surface area contributed by atoms with Crippen LogP contribution in [0.2, 0.25) is 0 Å². The van der Waals surface area contributed by atoms with E-state index in [4.69, 9.17) is 0 Å². The van der Waals surface area contributed by atoms with Crippen LogP contribution in [0.15, 0.2) is 30.3 Å². The summed E-state index contributed by atoms with van der Waals surface area (Å²) in [7, 11) is 0. The van der Waals surface area contributed by atoms with Crippen LogP contribution in [0.4, 0.5) is 5.69 Å². The number of rotatable bonds is 3. The minimum Gasteiger partial charge on any atom is -0.351 e. The minimum atomic E-state index is -0.0856. The first-order valence-electron chi connectivity index (χ1n) is 7.00. The van der Waals surface area contributed by atoms with Gasteiger partial charge in [0.25, 0.3) is 0 Å². The summed E-state index contributed by atoms with van der Waals surface area (Å²) in [5.74, 6) is 0.0856. The van der Waals surface area contributed by atoms with Gasteiger partial charge >= 0.3 is 0 Å². The monoisotopic (exact) mass is 274 g/mol. The highest BCUT2D eigenvalue weighted by Crippen LogP contribution is 2.22. The van der Waals surface area contributed by atoms with Crippen LogP contribution in [0.5, 0.6) is 0 Å². The topological polar surface area (TPSA) is 49.4 Å². The Balaban J connectivity index is 1.94. The van der Waals surface area contributed by atoms with Crippen LogP contribution < -0.4 is 10.2 Å². The van der Waals surface area contributed by atoms with Crippen LogP contribution in [0, 0.1) is 5.41 Å². The van der Waals surface area contributed by atoms with E-state index in [1.54, 1.807) is 4.90 Å². The maximum atomic E-state index is 12.0. The van der Waals surface area contributed by atoms with Gasteiger partial charge in [-0.15, -0.1) is 0 Å². The van der Waals surface area contributed by atoms with Gasteiger partial charge in [-0.05, 0) is 17.5 Å². The number of benzene rings is 1. The van der Waals surface area contributed by atoms with Crippen molar-refractivity contribution < 1.29 is 9.59 Å². The second-order valence-electron chi connectivity index (χ2n) is 6.55. The van der Waals surface area contributed by atoms with E-state index < -0.39 is 0 Å². The smallest absolute Gasteiger partial charge is 0.229 e. The van der Waals surface area contributed by atoms with Crippen molar-refractivity contribution in [1.29, 1.82) is 0 Å². The number of nitrogens with zero attached hydrogens (tertiary/aromatic N) is 1. The van der Waals surface area contributed by atoms with Crippen molar-refractivity contribution >= 4 is 17.5 Å². The van der Waals surface area contributed by atoms with Crippen LogP contribution in [0.3, 0.4) is 0 Å². The third-order valence-electron chi connectivity index (χ3n) is 3.25. The largest absolute Gasteiger partial charge is 0.351 e. The maximum Gasteiger partial charge on any atom is 0.229 e. The summed E-state index contributed by atoms with van der Waals surface area (Å²) in [6, 6.07) is 9.49. The van der Waals surface area contributed by atoms with E-state index in [0.29, 0.717) is 19.4 Å². The molecule has 1 aromatic rings. The highest BCUT2D eigenvalue weighted by molar-refractivity contribution is 5.96. The maximum absolute atomic E-state index is 12.0. The first-order valence-corrected chi connectivity index (χ1v) is 7.00. The van der Waals surface area contributed by atoms with Gasteiger partial charge in [0.05, 0.1) is 6.04 Å². The minimum absolute atomic E-state index is 0.0187. The van der Waals surface area contributed by atoms with Crippen molar-refractivity contribution in [3.05, 3.63) is 30.3 Å². The number of anilines is 1. The van der Waals surface area contributed by atoms with Gasteiger partial charge in [-0.3, -0.25) is 9.59 Å². The standard InChI is InChI=1S/C16H22N2O2/c1-16(2,3)10-14(19)17-12-9-15(20)18(11-12)13-7-5-4-6-8-13/h4-8,12H,9-11H2,1-3H3,(H,17,19)/t12-/m1/s1. The second-order valence-corrected chi connectivity index (χ2v) is 6.55. The molecule has 0 unspecified atom stereocenters. The highest BCUT2D eigenvalue weighted by atomic mass is 16.2. The molecule has 2 amide bonds. The van der Waals surface area contributed by atoms with Gasteiger partial charge in [0, 0.05) is 25.1 Å². The molecule has 1 heterocycles. The van der Waals surface area contributed by atoms with Gasteiger partial charge in [0.1, 0.15) is 0 Å². The summed E-state index contributed by atoms with van der Waals surface area (Å²) in [4.78, 5) is 25.7. The number of amides is 2. The van der Waals surface area contributed by atoms with Crippen molar-refractivity contribution in [1.82, 2.24) is 5.32 Å². The third kappa shape index (κ3) is 3.83. The Morgan fingerprint density at radius 1 is 1.30 bits per heavy atom. The number of para-hydroxylation sites is 1. The Bertz CT molecular complexity index is 491. The molecule has 0 spiro atoms. The first kappa shape index (κ1) is 14.6. The zero-order valence-electron chi connectivity index (χ0n) is 12.3. The molecule has 4 nitrogen and oxygen atoms in total. The summed E-state index contributed by atoms with van der Waals surface area (Å²) in [6.45, 7) is 6.65. The Kier molecular flexibility index (Phi) is 4.12. The molecule has 0 saturated carbocycles. The van der Waals surface area contributed by atoms with Gasteiger partial charge in [-0.1, -0.05) is 39.0 Å². The SMILES string of the molecule is CC(C)(C)CC(=O)N[C@@H]1CC(=O)N(c2ccccc2)C1. The number of nitrogens with one attached hydrogen (secondary N) is 1. The first-order chi connectivity index (χ1) is 9.35. The number of carbonyl (C=O) groups excluding carboxylic acids is 2. The van der Waals surface area contributed by atoms with Gasteiger partial charge in [-0.25, -0.2) is 0 Å². The summed E-state index contributed by atoms with van der Waals surface area (Å²) >= 11 is 0. The lowest BCUT2D eigenvalue weighted by Crippen LogP contribution is -2.38. The average Bonchev–Trinajstić information content (AvgIpc) is 2.68. The van der Waals surface area contributed by atoms with Crippen molar-refractivity contribution in [3.63, 3.8) is 0 Å². The molecule has 108 valence electrons. The lowest BCUT2D eigenvalue weighted by atomic mass is 9.92. The fourth-order valence-corrected chi connectivity index (χ4v) is 2.42. The van der Waals surface area contributed by atoms with Gasteiger partial charge < -0.3 is 10.2 Å². The van der Waals surface area contributed by atoms with Gasteiger partial charge in [0.15, 0.2) is 0 Å². The molecule has 20 heavy (non-hydrogen) atoms. The van der Waals surface area contributed by atoms with E-state index in [9.17, 15) is 9.59 Å². The highest BCUT2D eigenvalue weighted by Gasteiger charge is 2.31. The predicted octanol–water partition coefficient (Wildman–Crippen LogP) is 2.34. The van der Waals surface area contributed by atoms with E-state index >= 15 is 0 Å². The normalized spacial score (nSPS) is 19.2. The molecule has 0 aromatic heterocycles. The number of hydrogen-bond donors (Lipinski definition) is 1. The Labute approximate surface area is 120 Å². The molecule has 1 aliphatic heterocycles. The molecule has 1 fully saturated rings. The van der Waals surface area contributed by atoms with Crippen LogP contribution in [0.1, 0.15) is 33.6 Å². The lowest BCUT2D eigenvalue weighted by molar-refractivity contribution is -0.123. The van der Waals surface area contributed by atoms with E-state index in [2.05, 4.69) is 5.32 Å². The van der Waals surface area contributed by atoms with Gasteiger partial charge in [-0.2, -0.15) is 0 Å². The molecule has 1 saturated heterocycles. The van der Waals surface area contributed by atoms with E-state index in [-0.39, 0.29) is 23.3 Å². The molecule has 4 heteroatoms. The zero-order valence-corrected chi connectivity index (χ0v) is 12.3. The van der Waals surface area contributed by atoms with E-state index in [1.807, 2.05) is 51.1 Å². The molecular weight excluding hydrogens is 252 g/mol. The molecule has 0 aliphatic carbocycles. The predicted molar refractivity (Wildman–Crippen MR) is 79.4 cm³/mol. The Morgan fingerprint density at radius 3 is 2.55 bits per heavy atom. The summed E-state index contributed by atoms with van der Waals surface area (Å²) in [5, 5.41) is 2.96. The molecule has 1 aliphatic rings. The van der Waals surface area contributed by atoms with Crippen LogP contribution >= 0.6 is 0 Å².